The van der Waals surface area contributed by atoms with Crippen molar-refractivity contribution in [2.24, 2.45) is 5.92 Å². The Morgan fingerprint density at radius 1 is 1.06 bits per heavy atom. The molecule has 6 heteroatoms. The molecule has 0 saturated carbocycles. The van der Waals surface area contributed by atoms with Crippen LogP contribution in [0.2, 0.25) is 0 Å². The van der Waals surface area contributed by atoms with Crippen LogP contribution >= 0.6 is 0 Å². The summed E-state index contributed by atoms with van der Waals surface area (Å²) < 4.78 is 1.78. The molecular weight excluding hydrogens is 424 g/mol. The van der Waals surface area contributed by atoms with E-state index >= 15 is 0 Å². The summed E-state index contributed by atoms with van der Waals surface area (Å²) >= 11 is 0. The Morgan fingerprint density at radius 2 is 1.71 bits per heavy atom. The van der Waals surface area contributed by atoms with Gasteiger partial charge in [0.25, 0.3) is 0 Å². The first kappa shape index (κ1) is 27.6. The van der Waals surface area contributed by atoms with Gasteiger partial charge in [0.15, 0.2) is 0 Å². The fraction of sp³-hybridized carbons (Fsp3) is 0.607. The first-order chi connectivity index (χ1) is 16.0. The zero-order valence-corrected chi connectivity index (χ0v) is 22.3. The number of aromatic nitrogens is 2. The molecule has 0 aliphatic carbocycles. The molecule has 2 amide bonds. The van der Waals surface area contributed by atoms with Crippen LogP contribution < -0.4 is 5.32 Å². The number of carbonyl (C=O) groups is 2. The molecule has 0 fully saturated rings. The number of hydrogen-bond acceptors (Lipinski definition) is 3. The Morgan fingerprint density at radius 3 is 2.29 bits per heavy atom. The molecule has 0 bridgehead atoms. The molecule has 0 saturated heterocycles. The number of unbranched alkanes of at least 4 members (excludes halogenated alkanes) is 4. The predicted molar refractivity (Wildman–Crippen MR) is 140 cm³/mol. The van der Waals surface area contributed by atoms with E-state index in [9.17, 15) is 9.59 Å². The van der Waals surface area contributed by atoms with Gasteiger partial charge >= 0.3 is 0 Å². The Kier molecular flexibility index (Phi) is 10.3. The number of nitrogens with zero attached hydrogens (tertiary/aromatic N) is 3. The van der Waals surface area contributed by atoms with Crippen LogP contribution in [-0.4, -0.2) is 39.6 Å². The van der Waals surface area contributed by atoms with Crippen LogP contribution in [0.5, 0.6) is 0 Å². The summed E-state index contributed by atoms with van der Waals surface area (Å²) in [5.74, 6) is 0.772. The second-order valence-corrected chi connectivity index (χ2v) is 10.8. The van der Waals surface area contributed by atoms with Crippen LogP contribution in [0, 0.1) is 12.8 Å². The highest BCUT2D eigenvalue weighted by atomic mass is 16.2. The summed E-state index contributed by atoms with van der Waals surface area (Å²) in [6.45, 7) is 15.3. The SMILES string of the molecule is CCCCCCCC(=O)N(CC(=O)Nc1cc(C(C)(C)C)nn1-c1ccc(C)cc1)CC(C)C. The van der Waals surface area contributed by atoms with Crippen molar-refractivity contribution in [2.75, 3.05) is 18.4 Å². The summed E-state index contributed by atoms with van der Waals surface area (Å²) in [6.07, 6.45) is 5.99. The molecule has 2 rings (SSSR count). The van der Waals surface area contributed by atoms with Crippen molar-refractivity contribution < 1.29 is 9.59 Å². The van der Waals surface area contributed by atoms with Crippen molar-refractivity contribution >= 4 is 17.6 Å². The maximum absolute atomic E-state index is 13.1. The normalized spacial score (nSPS) is 11.6. The molecule has 1 heterocycles. The van der Waals surface area contributed by atoms with Gasteiger partial charge in [-0.25, -0.2) is 4.68 Å². The van der Waals surface area contributed by atoms with Gasteiger partial charge in [-0.1, -0.05) is 84.9 Å². The number of nitrogens with one attached hydrogen (secondary N) is 1. The number of amides is 2. The molecule has 0 atom stereocenters. The van der Waals surface area contributed by atoms with Crippen LogP contribution in [-0.2, 0) is 15.0 Å². The molecule has 6 nitrogen and oxygen atoms in total. The van der Waals surface area contributed by atoms with Crippen molar-refractivity contribution in [2.45, 2.75) is 92.4 Å². The number of hydrogen-bond donors (Lipinski definition) is 1. The zero-order valence-electron chi connectivity index (χ0n) is 22.3. The zero-order chi connectivity index (χ0) is 25.3. The maximum Gasteiger partial charge on any atom is 0.245 e. The summed E-state index contributed by atoms with van der Waals surface area (Å²) in [4.78, 5) is 27.7. The molecule has 188 valence electrons. The second kappa shape index (κ2) is 12.7. The Balaban J connectivity index is 2.15. The lowest BCUT2D eigenvalue weighted by molar-refractivity contribution is -0.135. The molecule has 0 unspecified atom stereocenters. The molecular formula is C28H44N4O2. The van der Waals surface area contributed by atoms with Gasteiger partial charge in [-0.05, 0) is 31.4 Å². The molecule has 1 aromatic carbocycles. The van der Waals surface area contributed by atoms with Crippen molar-refractivity contribution in [3.8, 4) is 5.69 Å². The second-order valence-electron chi connectivity index (χ2n) is 10.8. The first-order valence-electron chi connectivity index (χ1n) is 12.8. The minimum absolute atomic E-state index is 0.0515. The fourth-order valence-electron chi connectivity index (χ4n) is 3.81. The number of anilines is 1. The lowest BCUT2D eigenvalue weighted by Crippen LogP contribution is -2.40. The Bertz CT molecular complexity index is 923. The number of benzene rings is 1. The van der Waals surface area contributed by atoms with Crippen LogP contribution in [0.4, 0.5) is 5.82 Å². The molecule has 1 aromatic heterocycles. The molecule has 2 aromatic rings. The molecule has 0 radical (unpaired) electrons. The van der Waals surface area contributed by atoms with Gasteiger partial charge in [0.1, 0.15) is 5.82 Å². The van der Waals surface area contributed by atoms with Gasteiger partial charge in [-0.15, -0.1) is 0 Å². The summed E-state index contributed by atoms with van der Waals surface area (Å²) in [5.41, 5.74) is 2.78. The van der Waals surface area contributed by atoms with E-state index < -0.39 is 0 Å². The lowest BCUT2D eigenvalue weighted by Gasteiger charge is -2.24. The Hall–Kier alpha value is -2.63. The molecule has 0 aliphatic rings. The third-order valence-corrected chi connectivity index (χ3v) is 5.79. The smallest absolute Gasteiger partial charge is 0.245 e. The van der Waals surface area contributed by atoms with Gasteiger partial charge in [0.05, 0.1) is 17.9 Å². The van der Waals surface area contributed by atoms with Crippen LogP contribution in [0.1, 0.15) is 91.3 Å². The Labute approximate surface area is 206 Å². The van der Waals surface area contributed by atoms with E-state index in [-0.39, 0.29) is 23.8 Å². The third kappa shape index (κ3) is 8.62. The van der Waals surface area contributed by atoms with Crippen LogP contribution in [0.15, 0.2) is 30.3 Å². The predicted octanol–water partition coefficient (Wildman–Crippen LogP) is 6.26. The quantitative estimate of drug-likeness (QED) is 0.374. The van der Waals surface area contributed by atoms with E-state index in [1.165, 1.54) is 12.8 Å². The summed E-state index contributed by atoms with van der Waals surface area (Å²) in [6, 6.07) is 9.99. The number of aryl methyl sites for hydroxylation is 1. The average Bonchev–Trinajstić information content (AvgIpc) is 3.17. The van der Waals surface area contributed by atoms with Crippen molar-refractivity contribution in [1.29, 1.82) is 0 Å². The number of carbonyl (C=O) groups excluding carboxylic acids is 2. The average molecular weight is 469 g/mol. The topological polar surface area (TPSA) is 67.2 Å². The lowest BCUT2D eigenvalue weighted by atomic mass is 9.92. The van der Waals surface area contributed by atoms with Gasteiger partial charge in [0.2, 0.25) is 11.8 Å². The molecule has 34 heavy (non-hydrogen) atoms. The molecule has 0 spiro atoms. The summed E-state index contributed by atoms with van der Waals surface area (Å²) in [5, 5.41) is 7.81. The van der Waals surface area contributed by atoms with Gasteiger partial charge in [-0.2, -0.15) is 5.10 Å². The highest BCUT2D eigenvalue weighted by Crippen LogP contribution is 2.26. The highest BCUT2D eigenvalue weighted by molar-refractivity contribution is 5.94. The van der Waals surface area contributed by atoms with Gasteiger partial charge in [-0.3, -0.25) is 9.59 Å². The third-order valence-electron chi connectivity index (χ3n) is 5.79. The van der Waals surface area contributed by atoms with Crippen LogP contribution in [0.25, 0.3) is 5.69 Å². The summed E-state index contributed by atoms with van der Waals surface area (Å²) in [7, 11) is 0. The molecule has 1 N–H and O–H groups in total. The first-order valence-corrected chi connectivity index (χ1v) is 12.8. The van der Waals surface area contributed by atoms with E-state index in [4.69, 9.17) is 5.10 Å². The minimum Gasteiger partial charge on any atom is -0.333 e. The maximum atomic E-state index is 13.1. The highest BCUT2D eigenvalue weighted by Gasteiger charge is 2.23. The van der Waals surface area contributed by atoms with E-state index in [1.54, 1.807) is 9.58 Å². The van der Waals surface area contributed by atoms with Crippen molar-refractivity contribution in [3.05, 3.63) is 41.6 Å². The molecule has 0 aliphatic heterocycles. The monoisotopic (exact) mass is 468 g/mol. The minimum atomic E-state index is -0.200. The van der Waals surface area contributed by atoms with Crippen molar-refractivity contribution in [1.82, 2.24) is 14.7 Å². The van der Waals surface area contributed by atoms with E-state index in [0.717, 1.165) is 36.2 Å². The number of rotatable bonds is 12. The van der Waals surface area contributed by atoms with E-state index in [0.29, 0.717) is 24.7 Å². The fourth-order valence-corrected chi connectivity index (χ4v) is 3.81. The van der Waals surface area contributed by atoms with Gasteiger partial charge < -0.3 is 10.2 Å². The van der Waals surface area contributed by atoms with Crippen molar-refractivity contribution in [3.63, 3.8) is 0 Å². The van der Waals surface area contributed by atoms with E-state index in [2.05, 4.69) is 46.9 Å². The van der Waals surface area contributed by atoms with Crippen LogP contribution in [0.3, 0.4) is 0 Å². The standard InChI is InChI=1S/C28H44N4O2/c1-8-9-10-11-12-13-27(34)31(19-21(2)3)20-26(33)29-25-18-24(28(5,6)7)30-32(25)23-16-14-22(4)15-17-23/h14-18,21H,8-13,19-20H2,1-7H3,(H,29,33). The van der Waals surface area contributed by atoms with Gasteiger partial charge in [0, 0.05) is 24.4 Å². The van der Waals surface area contributed by atoms with E-state index in [1.807, 2.05) is 37.3 Å². The largest absolute Gasteiger partial charge is 0.333 e.